The summed E-state index contributed by atoms with van der Waals surface area (Å²) in [5, 5.41) is 10.5. The fourth-order valence-corrected chi connectivity index (χ4v) is 11.0. The Kier molecular flexibility index (Phi) is 56.0. The number of carbonyl (C=O) groups is 4. The van der Waals surface area contributed by atoms with E-state index in [9.17, 15) is 43.2 Å². The molecule has 0 bridgehead atoms. The zero-order valence-corrected chi connectivity index (χ0v) is 57.0. The van der Waals surface area contributed by atoms with Crippen molar-refractivity contribution in [2.75, 3.05) is 39.6 Å². The first-order chi connectivity index (χ1) is 41.2. The van der Waals surface area contributed by atoms with Crippen LogP contribution in [0.3, 0.4) is 0 Å². The maximum Gasteiger partial charge on any atom is 0.472 e. The first kappa shape index (κ1) is 83.5. The van der Waals surface area contributed by atoms with Gasteiger partial charge in [0.1, 0.15) is 19.3 Å². The molecule has 3 N–H and O–H groups in total. The van der Waals surface area contributed by atoms with Crippen LogP contribution < -0.4 is 0 Å². The van der Waals surface area contributed by atoms with Crippen molar-refractivity contribution in [2.45, 2.75) is 324 Å². The topological polar surface area (TPSA) is 237 Å². The summed E-state index contributed by atoms with van der Waals surface area (Å²) in [4.78, 5) is 72.3. The van der Waals surface area contributed by atoms with Crippen molar-refractivity contribution in [3.8, 4) is 0 Å². The third-order valence-electron chi connectivity index (χ3n) is 14.8. The Morgan fingerprint density at radius 3 is 0.942 bits per heavy atom. The van der Waals surface area contributed by atoms with Crippen molar-refractivity contribution in [1.82, 2.24) is 0 Å². The lowest BCUT2D eigenvalue weighted by atomic mass is 10.0. The van der Waals surface area contributed by atoms with Crippen LogP contribution in [0.4, 0.5) is 0 Å². The molecule has 5 atom stereocenters. The lowest BCUT2D eigenvalue weighted by molar-refractivity contribution is -0.161. The van der Waals surface area contributed by atoms with Crippen LogP contribution in [-0.4, -0.2) is 96.7 Å². The highest BCUT2D eigenvalue weighted by Crippen LogP contribution is 2.45. The number of allylic oxidation sites excluding steroid dienone is 4. The average Bonchev–Trinajstić information content (AvgIpc) is 3.66. The highest BCUT2D eigenvalue weighted by Gasteiger charge is 2.30. The summed E-state index contributed by atoms with van der Waals surface area (Å²) in [6, 6.07) is 0. The fraction of sp³-hybridized carbons (Fsp3) is 0.881. The first-order valence-corrected chi connectivity index (χ1v) is 37.2. The zero-order chi connectivity index (χ0) is 63.8. The van der Waals surface area contributed by atoms with Crippen LogP contribution in [0.2, 0.25) is 0 Å². The summed E-state index contributed by atoms with van der Waals surface area (Å²) in [5.41, 5.74) is 0. The SMILES string of the molecule is CCCCCC/C=C\C=C/CCCCCCCC(=O)O[C@H](COC(=O)CCCCCCCCC(C)C)COP(=O)(O)OC[C@H](O)COP(=O)(O)OC[C@@H](COC(=O)CCCCCCCCCCCCC(C)C)OC(=O)CCCCCCCCC(C)C. The highest BCUT2D eigenvalue weighted by molar-refractivity contribution is 7.47. The minimum atomic E-state index is -4.96. The van der Waals surface area contributed by atoms with E-state index in [2.05, 4.69) is 72.8 Å². The van der Waals surface area contributed by atoms with E-state index in [4.69, 9.17) is 37.0 Å². The van der Waals surface area contributed by atoms with E-state index < -0.39 is 97.5 Å². The standard InChI is InChI=1S/C67H126O17P2/c1-8-9-10-11-12-13-14-15-16-17-18-23-26-36-43-50-66(71)83-62(55-78-65(70)49-42-35-29-27-32-39-46-59(4)5)56-81-85(73,74)79-52-61(68)53-80-86(75,76)82-57-63(84-67(72)51-44-37-30-28-33-40-47-60(6)7)54-77-64(69)48-41-34-25-22-20-19-21-24-31-38-45-58(2)3/h13-16,58-63,68H,8-12,17-57H2,1-7H3,(H,73,74)(H,75,76)/b14-13-,16-15-/t61-,62+,63+/m0/s1. The summed E-state index contributed by atoms with van der Waals surface area (Å²) in [7, 11) is -9.91. The Labute approximate surface area is 522 Å². The van der Waals surface area contributed by atoms with Gasteiger partial charge in [0.2, 0.25) is 0 Å². The van der Waals surface area contributed by atoms with Gasteiger partial charge >= 0.3 is 39.5 Å². The normalized spacial score (nSPS) is 14.5. The van der Waals surface area contributed by atoms with Gasteiger partial charge in [-0.2, -0.15) is 0 Å². The predicted octanol–water partition coefficient (Wildman–Crippen LogP) is 18.2. The number of hydrogen-bond donors (Lipinski definition) is 3. The van der Waals surface area contributed by atoms with Crippen LogP contribution in [0.1, 0.15) is 305 Å². The molecule has 0 amide bonds. The van der Waals surface area contributed by atoms with Gasteiger partial charge in [-0.05, 0) is 69.1 Å². The highest BCUT2D eigenvalue weighted by atomic mass is 31.2. The summed E-state index contributed by atoms with van der Waals surface area (Å²) >= 11 is 0. The zero-order valence-electron chi connectivity index (χ0n) is 55.3. The Morgan fingerprint density at radius 2 is 0.628 bits per heavy atom. The molecule has 19 heteroatoms. The van der Waals surface area contributed by atoms with Gasteiger partial charge in [-0.1, -0.05) is 253 Å². The quantitative estimate of drug-likeness (QED) is 0.0169. The van der Waals surface area contributed by atoms with Crippen molar-refractivity contribution in [1.29, 1.82) is 0 Å². The molecular weight excluding hydrogens is 1140 g/mol. The number of phosphoric acid groups is 2. The van der Waals surface area contributed by atoms with Crippen LogP contribution in [0.25, 0.3) is 0 Å². The van der Waals surface area contributed by atoms with Crippen molar-refractivity contribution in [3.05, 3.63) is 24.3 Å². The molecule has 0 saturated carbocycles. The number of carbonyl (C=O) groups excluding carboxylic acids is 4. The molecule has 86 heavy (non-hydrogen) atoms. The number of esters is 4. The summed E-state index contributed by atoms with van der Waals surface area (Å²) in [6.07, 6.45) is 42.9. The van der Waals surface area contributed by atoms with Gasteiger partial charge in [-0.3, -0.25) is 37.3 Å². The van der Waals surface area contributed by atoms with E-state index in [1.54, 1.807) is 0 Å². The van der Waals surface area contributed by atoms with Gasteiger partial charge < -0.3 is 33.8 Å². The van der Waals surface area contributed by atoms with E-state index in [0.717, 1.165) is 115 Å². The van der Waals surface area contributed by atoms with Crippen LogP contribution in [0.5, 0.6) is 0 Å². The maximum absolute atomic E-state index is 13.0. The molecular formula is C67H126O17P2. The molecule has 0 heterocycles. The number of rotatable bonds is 63. The second-order valence-electron chi connectivity index (χ2n) is 25.0. The summed E-state index contributed by atoms with van der Waals surface area (Å²) in [5.74, 6) is -0.0677. The molecule has 0 aliphatic heterocycles. The second-order valence-corrected chi connectivity index (χ2v) is 27.9. The minimum Gasteiger partial charge on any atom is -0.462 e. The second kappa shape index (κ2) is 57.7. The summed E-state index contributed by atoms with van der Waals surface area (Å²) in [6.45, 7) is 11.6. The number of hydrogen-bond acceptors (Lipinski definition) is 15. The maximum atomic E-state index is 13.0. The van der Waals surface area contributed by atoms with Gasteiger partial charge in [0, 0.05) is 25.7 Å². The van der Waals surface area contributed by atoms with Crippen molar-refractivity contribution < 1.29 is 80.2 Å². The van der Waals surface area contributed by atoms with Gasteiger partial charge in [0.25, 0.3) is 0 Å². The van der Waals surface area contributed by atoms with Crippen LogP contribution in [-0.2, 0) is 65.4 Å². The van der Waals surface area contributed by atoms with Crippen LogP contribution in [0.15, 0.2) is 24.3 Å². The molecule has 0 spiro atoms. The third-order valence-corrected chi connectivity index (χ3v) is 16.7. The predicted molar refractivity (Wildman–Crippen MR) is 344 cm³/mol. The van der Waals surface area contributed by atoms with E-state index >= 15 is 0 Å². The molecule has 0 fully saturated rings. The molecule has 0 saturated heterocycles. The van der Waals surface area contributed by atoms with Crippen molar-refractivity contribution in [3.63, 3.8) is 0 Å². The Hall–Kier alpha value is -2.46. The number of unbranched alkanes of at least 4 members (excludes halogenated alkanes) is 28. The Balaban J connectivity index is 5.25. The van der Waals surface area contributed by atoms with E-state index in [1.807, 2.05) is 0 Å². The Morgan fingerprint density at radius 1 is 0.360 bits per heavy atom. The lowest BCUT2D eigenvalue weighted by Crippen LogP contribution is -2.30. The van der Waals surface area contributed by atoms with Gasteiger partial charge in [-0.25, -0.2) is 9.13 Å². The summed E-state index contributed by atoms with van der Waals surface area (Å²) < 4.78 is 68.0. The molecule has 0 aromatic rings. The molecule has 0 rings (SSSR count). The third kappa shape index (κ3) is 60.5. The monoisotopic (exact) mass is 1260 g/mol. The molecule has 0 aliphatic rings. The van der Waals surface area contributed by atoms with Crippen molar-refractivity contribution >= 4 is 39.5 Å². The van der Waals surface area contributed by atoms with E-state index in [0.29, 0.717) is 37.5 Å². The number of ether oxygens (including phenoxy) is 4. The van der Waals surface area contributed by atoms with Crippen molar-refractivity contribution in [2.24, 2.45) is 17.8 Å². The molecule has 2 unspecified atom stereocenters. The van der Waals surface area contributed by atoms with Crippen LogP contribution >= 0.6 is 15.6 Å². The molecule has 0 aromatic heterocycles. The Bertz CT molecular complexity index is 1790. The molecule has 0 aromatic carbocycles. The smallest absolute Gasteiger partial charge is 0.462 e. The average molecular weight is 1270 g/mol. The largest absolute Gasteiger partial charge is 0.472 e. The number of phosphoric ester groups is 2. The molecule has 0 radical (unpaired) electrons. The van der Waals surface area contributed by atoms with Gasteiger partial charge in [-0.15, -0.1) is 0 Å². The van der Waals surface area contributed by atoms with E-state index in [-0.39, 0.29) is 25.7 Å². The lowest BCUT2D eigenvalue weighted by Gasteiger charge is -2.21. The molecule has 17 nitrogen and oxygen atoms in total. The fourth-order valence-electron chi connectivity index (χ4n) is 9.47. The minimum absolute atomic E-state index is 0.0832. The van der Waals surface area contributed by atoms with Gasteiger partial charge in [0.05, 0.1) is 26.4 Å². The molecule has 506 valence electrons. The number of aliphatic hydroxyl groups is 1. The van der Waals surface area contributed by atoms with Gasteiger partial charge in [0.15, 0.2) is 12.2 Å². The number of aliphatic hydroxyl groups excluding tert-OH is 1. The first-order valence-electron chi connectivity index (χ1n) is 34.2. The van der Waals surface area contributed by atoms with Crippen LogP contribution in [0, 0.1) is 17.8 Å². The molecule has 0 aliphatic carbocycles. The van der Waals surface area contributed by atoms with E-state index in [1.165, 1.54) is 96.3 Å².